The average molecular weight is 233 g/mol. The Labute approximate surface area is 102 Å². The molecule has 2 heterocycles. The molecule has 0 unspecified atom stereocenters. The molecule has 92 valence electrons. The molecule has 1 amide bonds. The Kier molecular flexibility index (Phi) is 3.74. The fraction of sp³-hybridized carbons (Fsp3) is 0.538. The van der Waals surface area contributed by atoms with Crippen LogP contribution in [0.15, 0.2) is 12.1 Å². The molecule has 1 aliphatic heterocycles. The van der Waals surface area contributed by atoms with E-state index < -0.39 is 0 Å². The molecular weight excluding hydrogens is 214 g/mol. The van der Waals surface area contributed by atoms with Crippen molar-refractivity contribution in [2.75, 3.05) is 18.4 Å². The van der Waals surface area contributed by atoms with Crippen LogP contribution in [0.1, 0.15) is 24.2 Å². The average Bonchev–Trinajstić information content (AvgIpc) is 2.34. The molecule has 2 rings (SSSR count). The van der Waals surface area contributed by atoms with Gasteiger partial charge in [-0.3, -0.25) is 9.78 Å². The number of nitrogens with one attached hydrogen (secondary N) is 2. The van der Waals surface area contributed by atoms with Crippen molar-refractivity contribution >= 4 is 11.6 Å². The normalized spacial score (nSPS) is 20.0. The lowest BCUT2D eigenvalue weighted by Crippen LogP contribution is -2.37. The summed E-state index contributed by atoms with van der Waals surface area (Å²) in [6.07, 6.45) is 2.04. The van der Waals surface area contributed by atoms with Gasteiger partial charge in [0.05, 0.1) is 17.3 Å². The number of aromatic nitrogens is 1. The first-order chi connectivity index (χ1) is 8.16. The van der Waals surface area contributed by atoms with Crippen molar-refractivity contribution in [2.45, 2.75) is 26.7 Å². The number of nitrogens with zero attached hydrogens (tertiary/aromatic N) is 1. The van der Waals surface area contributed by atoms with Crippen molar-refractivity contribution in [2.24, 2.45) is 5.92 Å². The van der Waals surface area contributed by atoms with Crippen LogP contribution in [0.5, 0.6) is 0 Å². The van der Waals surface area contributed by atoms with E-state index in [1.54, 1.807) is 0 Å². The highest BCUT2D eigenvalue weighted by molar-refractivity contribution is 5.93. The summed E-state index contributed by atoms with van der Waals surface area (Å²) in [7, 11) is 0. The van der Waals surface area contributed by atoms with Gasteiger partial charge in [-0.2, -0.15) is 0 Å². The van der Waals surface area contributed by atoms with Gasteiger partial charge >= 0.3 is 0 Å². The van der Waals surface area contributed by atoms with E-state index >= 15 is 0 Å². The molecule has 4 heteroatoms. The van der Waals surface area contributed by atoms with E-state index in [0.29, 0.717) is 0 Å². The van der Waals surface area contributed by atoms with E-state index in [1.165, 1.54) is 0 Å². The second-order valence-electron chi connectivity index (χ2n) is 4.62. The quantitative estimate of drug-likeness (QED) is 0.816. The van der Waals surface area contributed by atoms with Crippen LogP contribution >= 0.6 is 0 Å². The molecule has 0 aliphatic carbocycles. The van der Waals surface area contributed by atoms with Crippen molar-refractivity contribution in [3.8, 4) is 0 Å². The lowest BCUT2D eigenvalue weighted by molar-refractivity contribution is -0.120. The fourth-order valence-corrected chi connectivity index (χ4v) is 2.13. The third kappa shape index (κ3) is 3.03. The second-order valence-corrected chi connectivity index (χ2v) is 4.62. The molecule has 0 radical (unpaired) electrons. The fourth-order valence-electron chi connectivity index (χ4n) is 2.13. The van der Waals surface area contributed by atoms with Crippen molar-refractivity contribution in [3.63, 3.8) is 0 Å². The summed E-state index contributed by atoms with van der Waals surface area (Å²) >= 11 is 0. The lowest BCUT2D eigenvalue weighted by Gasteiger charge is -2.22. The third-order valence-electron chi connectivity index (χ3n) is 3.15. The van der Waals surface area contributed by atoms with Crippen LogP contribution in [-0.4, -0.2) is 24.0 Å². The topological polar surface area (TPSA) is 54.0 Å². The SMILES string of the molecule is Cc1ccc(NC(=O)[C@@H]2CCCNC2)c(C)n1. The highest BCUT2D eigenvalue weighted by Crippen LogP contribution is 2.16. The van der Waals surface area contributed by atoms with Crippen LogP contribution in [-0.2, 0) is 4.79 Å². The summed E-state index contributed by atoms with van der Waals surface area (Å²) < 4.78 is 0. The van der Waals surface area contributed by atoms with E-state index in [1.807, 2.05) is 26.0 Å². The number of amides is 1. The van der Waals surface area contributed by atoms with Gasteiger partial charge in [0.2, 0.25) is 5.91 Å². The molecule has 0 aromatic carbocycles. The van der Waals surface area contributed by atoms with E-state index in [0.717, 1.165) is 43.0 Å². The summed E-state index contributed by atoms with van der Waals surface area (Å²) in [5.41, 5.74) is 2.67. The summed E-state index contributed by atoms with van der Waals surface area (Å²) in [4.78, 5) is 16.4. The summed E-state index contributed by atoms with van der Waals surface area (Å²) in [5, 5.41) is 6.21. The molecule has 1 aliphatic rings. The number of carbonyl (C=O) groups excluding carboxylic acids is 1. The number of hydrogen-bond acceptors (Lipinski definition) is 3. The maximum Gasteiger partial charge on any atom is 0.228 e. The summed E-state index contributed by atoms with van der Waals surface area (Å²) in [6, 6.07) is 3.84. The van der Waals surface area contributed by atoms with Crippen molar-refractivity contribution in [1.29, 1.82) is 0 Å². The van der Waals surface area contributed by atoms with Gasteiger partial charge in [0.25, 0.3) is 0 Å². The minimum atomic E-state index is 0.0875. The Balaban J connectivity index is 2.02. The Hall–Kier alpha value is -1.42. The van der Waals surface area contributed by atoms with Gasteiger partial charge < -0.3 is 10.6 Å². The number of pyridine rings is 1. The highest BCUT2D eigenvalue weighted by Gasteiger charge is 2.21. The van der Waals surface area contributed by atoms with Gasteiger partial charge in [-0.1, -0.05) is 0 Å². The van der Waals surface area contributed by atoms with Crippen molar-refractivity contribution < 1.29 is 4.79 Å². The van der Waals surface area contributed by atoms with E-state index in [2.05, 4.69) is 15.6 Å². The Bertz CT molecular complexity index is 411. The predicted octanol–water partition coefficient (Wildman–Crippen LogP) is 1.64. The lowest BCUT2D eigenvalue weighted by atomic mass is 9.99. The molecular formula is C13H19N3O. The Morgan fingerprint density at radius 3 is 2.94 bits per heavy atom. The number of rotatable bonds is 2. The zero-order chi connectivity index (χ0) is 12.3. The molecule has 0 saturated carbocycles. The maximum atomic E-state index is 12.0. The minimum absolute atomic E-state index is 0.0875. The van der Waals surface area contributed by atoms with Crippen LogP contribution < -0.4 is 10.6 Å². The van der Waals surface area contributed by atoms with E-state index in [-0.39, 0.29) is 11.8 Å². The molecule has 4 nitrogen and oxygen atoms in total. The first kappa shape index (κ1) is 12.0. The minimum Gasteiger partial charge on any atom is -0.324 e. The highest BCUT2D eigenvalue weighted by atomic mass is 16.1. The van der Waals surface area contributed by atoms with Crippen LogP contribution in [0.3, 0.4) is 0 Å². The van der Waals surface area contributed by atoms with Gasteiger partial charge in [0.15, 0.2) is 0 Å². The number of hydrogen-bond donors (Lipinski definition) is 2. The van der Waals surface area contributed by atoms with Gasteiger partial charge in [-0.15, -0.1) is 0 Å². The monoisotopic (exact) mass is 233 g/mol. The number of anilines is 1. The smallest absolute Gasteiger partial charge is 0.228 e. The number of piperidine rings is 1. The number of aryl methyl sites for hydroxylation is 2. The summed E-state index contributed by atoms with van der Waals surface area (Å²) in [5.74, 6) is 0.190. The molecule has 0 spiro atoms. The second kappa shape index (κ2) is 5.27. The van der Waals surface area contributed by atoms with Gasteiger partial charge in [0, 0.05) is 12.2 Å². The first-order valence-corrected chi connectivity index (χ1v) is 6.12. The maximum absolute atomic E-state index is 12.0. The zero-order valence-electron chi connectivity index (χ0n) is 10.4. The molecule has 1 aromatic rings. The molecule has 1 aromatic heterocycles. The molecule has 2 N–H and O–H groups in total. The Morgan fingerprint density at radius 2 is 2.29 bits per heavy atom. The van der Waals surface area contributed by atoms with Crippen LogP contribution in [0, 0.1) is 19.8 Å². The molecule has 1 saturated heterocycles. The van der Waals surface area contributed by atoms with Crippen molar-refractivity contribution in [1.82, 2.24) is 10.3 Å². The van der Waals surface area contributed by atoms with Gasteiger partial charge in [-0.25, -0.2) is 0 Å². The van der Waals surface area contributed by atoms with Crippen molar-refractivity contribution in [3.05, 3.63) is 23.5 Å². The molecule has 0 bridgehead atoms. The summed E-state index contributed by atoms with van der Waals surface area (Å²) in [6.45, 7) is 5.67. The Morgan fingerprint density at radius 1 is 1.47 bits per heavy atom. The van der Waals surface area contributed by atoms with Gasteiger partial charge in [-0.05, 0) is 45.4 Å². The van der Waals surface area contributed by atoms with Crippen LogP contribution in [0.25, 0.3) is 0 Å². The molecule has 1 fully saturated rings. The van der Waals surface area contributed by atoms with Crippen LogP contribution in [0.4, 0.5) is 5.69 Å². The number of carbonyl (C=O) groups is 1. The molecule has 17 heavy (non-hydrogen) atoms. The molecule has 1 atom stereocenters. The largest absolute Gasteiger partial charge is 0.324 e. The third-order valence-corrected chi connectivity index (χ3v) is 3.15. The predicted molar refractivity (Wildman–Crippen MR) is 67.9 cm³/mol. The van der Waals surface area contributed by atoms with Gasteiger partial charge in [0.1, 0.15) is 0 Å². The van der Waals surface area contributed by atoms with E-state index in [9.17, 15) is 4.79 Å². The van der Waals surface area contributed by atoms with E-state index in [4.69, 9.17) is 0 Å². The van der Waals surface area contributed by atoms with Crippen LogP contribution in [0.2, 0.25) is 0 Å². The zero-order valence-corrected chi connectivity index (χ0v) is 10.4. The first-order valence-electron chi connectivity index (χ1n) is 6.12. The standard InChI is InChI=1S/C13H19N3O/c1-9-5-6-12(10(2)15-9)16-13(17)11-4-3-7-14-8-11/h5-6,11,14H,3-4,7-8H2,1-2H3,(H,16,17)/t11-/m1/s1.